The maximum atomic E-state index is 13.3. The fraction of sp³-hybridized carbons (Fsp3) is 0.200. The molecule has 6 heteroatoms. The average Bonchev–Trinajstić information content (AvgIpc) is 3.02. The van der Waals surface area contributed by atoms with E-state index in [9.17, 15) is 9.59 Å². The zero-order chi connectivity index (χ0) is 21.6. The number of hydrogen-bond donors (Lipinski definition) is 2. The Morgan fingerprint density at radius 3 is 2.42 bits per heavy atom. The highest BCUT2D eigenvalue weighted by molar-refractivity contribution is 5.93. The Morgan fingerprint density at radius 2 is 1.71 bits per heavy atom. The molecule has 0 radical (unpaired) electrons. The third kappa shape index (κ3) is 4.75. The summed E-state index contributed by atoms with van der Waals surface area (Å²) in [5.41, 5.74) is 4.87. The summed E-state index contributed by atoms with van der Waals surface area (Å²) in [5.74, 6) is -0.0159. The van der Waals surface area contributed by atoms with Gasteiger partial charge in [0.2, 0.25) is 5.91 Å². The van der Waals surface area contributed by atoms with E-state index in [2.05, 4.69) is 0 Å². The van der Waals surface area contributed by atoms with E-state index >= 15 is 0 Å². The lowest BCUT2D eigenvalue weighted by Crippen LogP contribution is -2.36. The third-order valence-corrected chi connectivity index (χ3v) is 5.52. The van der Waals surface area contributed by atoms with Gasteiger partial charge in [-0.15, -0.1) is 0 Å². The lowest BCUT2D eigenvalue weighted by Gasteiger charge is -2.30. The number of aryl methyl sites for hydroxylation is 1. The van der Waals surface area contributed by atoms with E-state index < -0.39 is 5.91 Å². The molecule has 1 atom stereocenters. The maximum absolute atomic E-state index is 13.3. The molecule has 0 fully saturated rings. The van der Waals surface area contributed by atoms with E-state index in [1.165, 1.54) is 0 Å². The van der Waals surface area contributed by atoms with Crippen LogP contribution in [0.2, 0.25) is 0 Å². The summed E-state index contributed by atoms with van der Waals surface area (Å²) in [6.45, 7) is 0.655. The molecule has 3 aromatic carbocycles. The van der Waals surface area contributed by atoms with Gasteiger partial charge >= 0.3 is 0 Å². The number of carbonyl (C=O) groups is 2. The molecule has 0 bridgehead atoms. The highest BCUT2D eigenvalue weighted by Crippen LogP contribution is 2.33. The molecule has 6 nitrogen and oxygen atoms in total. The van der Waals surface area contributed by atoms with E-state index in [0.717, 1.165) is 16.7 Å². The van der Waals surface area contributed by atoms with Crippen LogP contribution in [0.25, 0.3) is 0 Å². The van der Waals surface area contributed by atoms with Crippen molar-refractivity contribution >= 4 is 11.8 Å². The van der Waals surface area contributed by atoms with Crippen molar-refractivity contribution in [1.29, 1.82) is 0 Å². The second-order valence-electron chi connectivity index (χ2n) is 7.51. The summed E-state index contributed by atoms with van der Waals surface area (Å²) in [7, 11) is 0. The minimum atomic E-state index is -0.606. The van der Waals surface area contributed by atoms with Gasteiger partial charge in [0.1, 0.15) is 12.4 Å². The van der Waals surface area contributed by atoms with Crippen molar-refractivity contribution in [1.82, 2.24) is 10.4 Å². The number of ether oxygens (including phenoxy) is 1. The molecule has 4 rings (SSSR count). The van der Waals surface area contributed by atoms with Gasteiger partial charge in [0.15, 0.2) is 0 Å². The number of rotatable bonds is 5. The summed E-state index contributed by atoms with van der Waals surface area (Å²) in [6, 6.07) is 24.5. The predicted octanol–water partition coefficient (Wildman–Crippen LogP) is 3.90. The van der Waals surface area contributed by atoms with E-state index in [1.807, 2.05) is 65.6 Å². The van der Waals surface area contributed by atoms with Crippen molar-refractivity contribution in [2.24, 2.45) is 0 Å². The van der Waals surface area contributed by atoms with Crippen LogP contribution < -0.4 is 10.2 Å². The molecule has 2 N–H and O–H groups in total. The van der Waals surface area contributed by atoms with Crippen LogP contribution in [0.1, 0.15) is 39.5 Å². The second kappa shape index (κ2) is 9.45. The summed E-state index contributed by atoms with van der Waals surface area (Å²) in [5, 5.41) is 8.91. The molecular weight excluding hydrogens is 392 g/mol. The topological polar surface area (TPSA) is 78.9 Å². The van der Waals surface area contributed by atoms with Gasteiger partial charge in [-0.2, -0.15) is 0 Å². The van der Waals surface area contributed by atoms with Gasteiger partial charge in [-0.1, -0.05) is 66.7 Å². The van der Waals surface area contributed by atoms with Crippen molar-refractivity contribution < 1.29 is 19.5 Å². The van der Waals surface area contributed by atoms with Gasteiger partial charge in [0.25, 0.3) is 5.91 Å². The molecule has 0 spiro atoms. The normalized spacial score (nSPS) is 15.4. The molecule has 158 valence electrons. The molecule has 3 aromatic rings. The van der Waals surface area contributed by atoms with Crippen molar-refractivity contribution in [3.63, 3.8) is 0 Å². The number of hydroxylamine groups is 1. The molecule has 1 aliphatic rings. The molecule has 0 aliphatic carbocycles. The molecular formula is C25H24N2O4. The number of benzene rings is 3. The van der Waals surface area contributed by atoms with Gasteiger partial charge in [-0.3, -0.25) is 14.8 Å². The molecule has 31 heavy (non-hydrogen) atoms. The van der Waals surface area contributed by atoms with Gasteiger partial charge < -0.3 is 9.64 Å². The molecule has 1 heterocycles. The van der Waals surface area contributed by atoms with Crippen LogP contribution >= 0.6 is 0 Å². The van der Waals surface area contributed by atoms with Gasteiger partial charge in [-0.25, -0.2) is 5.48 Å². The number of hydrogen-bond acceptors (Lipinski definition) is 4. The monoisotopic (exact) mass is 416 g/mol. The Bertz CT molecular complexity index is 1050. The SMILES string of the molecule is O=C(NO)c1ccc2c(c1)OC[C@H](c1ccccc1)N(C(=O)CCc1ccccc1)C2. The van der Waals surface area contributed by atoms with Crippen LogP contribution in [-0.2, 0) is 17.8 Å². The van der Waals surface area contributed by atoms with Crippen molar-refractivity contribution in [3.8, 4) is 5.75 Å². The lowest BCUT2D eigenvalue weighted by atomic mass is 10.0. The molecule has 0 saturated carbocycles. The lowest BCUT2D eigenvalue weighted by molar-refractivity contribution is -0.134. The van der Waals surface area contributed by atoms with Crippen LogP contribution in [0.15, 0.2) is 78.9 Å². The van der Waals surface area contributed by atoms with Crippen LogP contribution in [-0.4, -0.2) is 28.5 Å². The minimum absolute atomic E-state index is 0.0475. The van der Waals surface area contributed by atoms with Crippen molar-refractivity contribution in [2.75, 3.05) is 6.61 Å². The molecule has 2 amide bonds. The Morgan fingerprint density at radius 1 is 1.00 bits per heavy atom. The van der Waals surface area contributed by atoms with Gasteiger partial charge in [0, 0.05) is 17.5 Å². The largest absolute Gasteiger partial charge is 0.491 e. The van der Waals surface area contributed by atoms with Gasteiger partial charge in [0.05, 0.1) is 12.6 Å². The average molecular weight is 416 g/mol. The maximum Gasteiger partial charge on any atom is 0.274 e. The zero-order valence-corrected chi connectivity index (χ0v) is 17.0. The molecule has 0 unspecified atom stereocenters. The zero-order valence-electron chi connectivity index (χ0n) is 17.0. The Labute approximate surface area is 181 Å². The Kier molecular flexibility index (Phi) is 6.29. The standard InChI is InChI=1S/C25H24N2O4/c28-24(14-11-18-7-3-1-4-8-18)27-16-21-13-12-20(25(29)26-30)15-23(21)31-17-22(27)19-9-5-2-6-10-19/h1-10,12-13,15,22,30H,11,14,16-17H2,(H,26,29)/t22-/m1/s1. The van der Waals surface area contributed by atoms with E-state index in [4.69, 9.17) is 9.94 Å². The molecule has 0 aromatic heterocycles. The first-order valence-electron chi connectivity index (χ1n) is 10.2. The fourth-order valence-electron chi connectivity index (χ4n) is 3.83. The van der Waals surface area contributed by atoms with Gasteiger partial charge in [-0.05, 0) is 29.7 Å². The number of carbonyl (C=O) groups excluding carboxylic acids is 2. The quantitative estimate of drug-likeness (QED) is 0.488. The number of fused-ring (bicyclic) bond motifs is 1. The van der Waals surface area contributed by atoms with E-state index in [0.29, 0.717) is 30.7 Å². The fourth-order valence-corrected chi connectivity index (χ4v) is 3.83. The first-order valence-corrected chi connectivity index (χ1v) is 10.2. The number of amides is 2. The summed E-state index contributed by atoms with van der Waals surface area (Å²) in [6.07, 6.45) is 1.06. The summed E-state index contributed by atoms with van der Waals surface area (Å²) in [4.78, 5) is 27.0. The second-order valence-corrected chi connectivity index (χ2v) is 7.51. The van der Waals surface area contributed by atoms with Crippen LogP contribution in [0, 0.1) is 0 Å². The number of nitrogens with one attached hydrogen (secondary N) is 1. The van der Waals surface area contributed by atoms with E-state index in [-0.39, 0.29) is 18.6 Å². The van der Waals surface area contributed by atoms with Crippen molar-refractivity contribution in [2.45, 2.75) is 25.4 Å². The van der Waals surface area contributed by atoms with Crippen molar-refractivity contribution in [3.05, 3.63) is 101 Å². The summed E-state index contributed by atoms with van der Waals surface area (Å²) < 4.78 is 6.04. The minimum Gasteiger partial charge on any atom is -0.491 e. The highest BCUT2D eigenvalue weighted by Gasteiger charge is 2.30. The number of nitrogens with zero attached hydrogens (tertiary/aromatic N) is 1. The van der Waals surface area contributed by atoms with E-state index in [1.54, 1.807) is 23.7 Å². The predicted molar refractivity (Wildman–Crippen MR) is 116 cm³/mol. The third-order valence-electron chi connectivity index (χ3n) is 5.52. The van der Waals surface area contributed by atoms with Crippen LogP contribution in [0.3, 0.4) is 0 Å². The molecule has 1 aliphatic heterocycles. The van der Waals surface area contributed by atoms with Crippen LogP contribution in [0.4, 0.5) is 0 Å². The Balaban J connectivity index is 1.61. The first-order chi connectivity index (χ1) is 15.2. The van der Waals surface area contributed by atoms with Crippen LogP contribution in [0.5, 0.6) is 5.75 Å². The highest BCUT2D eigenvalue weighted by atomic mass is 16.5. The summed E-state index contributed by atoms with van der Waals surface area (Å²) >= 11 is 0. The smallest absolute Gasteiger partial charge is 0.274 e. The molecule has 0 saturated heterocycles. The Hall–Kier alpha value is -3.64. The first kappa shape index (κ1) is 20.6.